The first-order chi connectivity index (χ1) is 12.5. The molecule has 0 fully saturated rings. The Hall–Kier alpha value is -2.31. The first-order valence-electron chi connectivity index (χ1n) is 8.12. The number of benzene rings is 2. The van der Waals surface area contributed by atoms with Gasteiger partial charge in [0.05, 0.1) is 5.75 Å². The summed E-state index contributed by atoms with van der Waals surface area (Å²) in [7, 11) is 1.81. The van der Waals surface area contributed by atoms with Crippen LogP contribution in [0.15, 0.2) is 53.7 Å². The minimum atomic E-state index is 0.0381. The summed E-state index contributed by atoms with van der Waals surface area (Å²) in [4.78, 5) is 18.5. The Morgan fingerprint density at radius 1 is 1.19 bits per heavy atom. The van der Waals surface area contributed by atoms with E-state index in [2.05, 4.69) is 15.2 Å². The highest BCUT2D eigenvalue weighted by molar-refractivity contribution is 7.99. The van der Waals surface area contributed by atoms with Crippen molar-refractivity contribution in [3.05, 3.63) is 64.7 Å². The summed E-state index contributed by atoms with van der Waals surface area (Å²) in [6, 6.07) is 15.4. The Morgan fingerprint density at radius 3 is 2.65 bits per heavy atom. The van der Waals surface area contributed by atoms with Gasteiger partial charge < -0.3 is 4.90 Å². The summed E-state index contributed by atoms with van der Waals surface area (Å²) >= 11 is 7.21. The lowest BCUT2D eigenvalue weighted by atomic mass is 10.1. The first-order valence-corrected chi connectivity index (χ1v) is 9.49. The predicted molar refractivity (Wildman–Crippen MR) is 105 cm³/mol. The van der Waals surface area contributed by atoms with Gasteiger partial charge in [-0.2, -0.15) is 0 Å². The zero-order chi connectivity index (χ0) is 18.5. The number of H-pyrrole nitrogens is 1. The molecule has 26 heavy (non-hydrogen) atoms. The van der Waals surface area contributed by atoms with Crippen LogP contribution in [0.2, 0.25) is 5.02 Å². The highest BCUT2D eigenvalue weighted by atomic mass is 35.5. The minimum absolute atomic E-state index is 0.0381. The number of carbonyl (C=O) groups excluding carboxylic acids is 1. The Kier molecular flexibility index (Phi) is 5.96. The quantitative estimate of drug-likeness (QED) is 0.645. The van der Waals surface area contributed by atoms with E-state index in [0.717, 1.165) is 11.1 Å². The van der Waals surface area contributed by atoms with E-state index in [1.54, 1.807) is 17.0 Å². The molecule has 3 aromatic rings. The van der Waals surface area contributed by atoms with E-state index in [9.17, 15) is 4.79 Å². The van der Waals surface area contributed by atoms with Crippen molar-refractivity contribution < 1.29 is 4.79 Å². The Balaban J connectivity index is 1.56. The Bertz CT molecular complexity index is 895. The minimum Gasteiger partial charge on any atom is -0.341 e. The monoisotopic (exact) mass is 386 g/mol. The van der Waals surface area contributed by atoms with Crippen molar-refractivity contribution >= 4 is 29.3 Å². The average molecular weight is 387 g/mol. The summed E-state index contributed by atoms with van der Waals surface area (Å²) in [6.07, 6.45) is 0. The van der Waals surface area contributed by atoms with Crippen molar-refractivity contribution in [2.24, 2.45) is 0 Å². The summed E-state index contributed by atoms with van der Waals surface area (Å²) in [5.74, 6) is 0.987. The van der Waals surface area contributed by atoms with Crippen LogP contribution in [0.4, 0.5) is 0 Å². The van der Waals surface area contributed by atoms with E-state index in [1.165, 1.54) is 17.3 Å². The number of halogens is 1. The highest BCUT2D eigenvalue weighted by Gasteiger charge is 2.13. The van der Waals surface area contributed by atoms with Crippen LogP contribution in [-0.2, 0) is 11.3 Å². The molecular formula is C19H19ClN4OS. The number of aryl methyl sites for hydroxylation is 1. The summed E-state index contributed by atoms with van der Waals surface area (Å²) in [6.45, 7) is 2.64. The summed E-state index contributed by atoms with van der Waals surface area (Å²) in [5, 5.41) is 8.28. The molecule has 0 bridgehead atoms. The zero-order valence-corrected chi connectivity index (χ0v) is 16.1. The molecule has 0 aliphatic heterocycles. The number of aromatic amines is 1. The lowest BCUT2D eigenvalue weighted by Crippen LogP contribution is -2.28. The molecule has 2 aromatic carbocycles. The number of rotatable bonds is 6. The normalized spacial score (nSPS) is 10.7. The molecule has 1 amide bonds. The van der Waals surface area contributed by atoms with Gasteiger partial charge in [-0.3, -0.25) is 9.89 Å². The number of hydrogen-bond acceptors (Lipinski definition) is 4. The van der Waals surface area contributed by atoms with Gasteiger partial charge in [-0.25, -0.2) is 4.98 Å². The van der Waals surface area contributed by atoms with Crippen LogP contribution in [0, 0.1) is 6.92 Å². The van der Waals surface area contributed by atoms with Gasteiger partial charge in [0.1, 0.15) is 0 Å². The molecule has 0 aliphatic carbocycles. The van der Waals surface area contributed by atoms with Gasteiger partial charge in [-0.1, -0.05) is 47.6 Å². The SMILES string of the molecule is Cc1ccccc1CN(C)C(=O)CSc1n[nH]c(-c2ccc(Cl)cc2)n1. The largest absolute Gasteiger partial charge is 0.341 e. The van der Waals surface area contributed by atoms with Gasteiger partial charge in [-0.15, -0.1) is 5.10 Å². The van der Waals surface area contributed by atoms with E-state index in [0.29, 0.717) is 28.3 Å². The number of nitrogens with zero attached hydrogens (tertiary/aromatic N) is 3. The molecular weight excluding hydrogens is 368 g/mol. The first kappa shape index (κ1) is 18.5. The average Bonchev–Trinajstić information content (AvgIpc) is 3.11. The topological polar surface area (TPSA) is 61.9 Å². The number of thioether (sulfide) groups is 1. The van der Waals surface area contributed by atoms with Crippen LogP contribution in [0.1, 0.15) is 11.1 Å². The summed E-state index contributed by atoms with van der Waals surface area (Å²) < 4.78 is 0. The number of amides is 1. The third kappa shape index (κ3) is 4.65. The second-order valence-electron chi connectivity index (χ2n) is 5.94. The fourth-order valence-corrected chi connectivity index (χ4v) is 3.28. The van der Waals surface area contributed by atoms with E-state index >= 15 is 0 Å². The fraction of sp³-hybridized carbons (Fsp3) is 0.211. The van der Waals surface area contributed by atoms with Gasteiger partial charge in [0.2, 0.25) is 11.1 Å². The smallest absolute Gasteiger partial charge is 0.233 e. The molecule has 1 aromatic heterocycles. The molecule has 7 heteroatoms. The third-order valence-electron chi connectivity index (χ3n) is 4.00. The standard InChI is InChI=1S/C19H19ClN4OS/c1-13-5-3-4-6-15(13)11-24(2)17(25)12-26-19-21-18(22-23-19)14-7-9-16(20)10-8-14/h3-10H,11-12H2,1-2H3,(H,21,22,23). The molecule has 5 nitrogen and oxygen atoms in total. The van der Waals surface area contributed by atoms with Crippen LogP contribution in [0.5, 0.6) is 0 Å². The van der Waals surface area contributed by atoms with Crippen LogP contribution in [-0.4, -0.2) is 38.8 Å². The van der Waals surface area contributed by atoms with Crippen LogP contribution >= 0.6 is 23.4 Å². The van der Waals surface area contributed by atoms with Crippen molar-refractivity contribution in [2.45, 2.75) is 18.6 Å². The summed E-state index contributed by atoms with van der Waals surface area (Å²) in [5.41, 5.74) is 3.23. The molecule has 0 radical (unpaired) electrons. The third-order valence-corrected chi connectivity index (χ3v) is 5.09. The van der Waals surface area contributed by atoms with E-state index < -0.39 is 0 Å². The van der Waals surface area contributed by atoms with E-state index in [1.807, 2.05) is 50.4 Å². The van der Waals surface area contributed by atoms with Crippen molar-refractivity contribution in [1.82, 2.24) is 20.1 Å². The fourth-order valence-electron chi connectivity index (χ4n) is 2.42. The van der Waals surface area contributed by atoms with Gasteiger partial charge in [0.15, 0.2) is 5.82 Å². The molecule has 3 rings (SSSR count). The van der Waals surface area contributed by atoms with Crippen LogP contribution < -0.4 is 0 Å². The maximum Gasteiger partial charge on any atom is 0.233 e. The Morgan fingerprint density at radius 2 is 1.92 bits per heavy atom. The molecule has 1 heterocycles. The van der Waals surface area contributed by atoms with Gasteiger partial charge >= 0.3 is 0 Å². The molecule has 0 saturated heterocycles. The van der Waals surface area contributed by atoms with Crippen molar-refractivity contribution in [2.75, 3.05) is 12.8 Å². The molecule has 134 valence electrons. The van der Waals surface area contributed by atoms with Gasteiger partial charge in [0.25, 0.3) is 0 Å². The molecule has 0 spiro atoms. The predicted octanol–water partition coefficient (Wildman–Crippen LogP) is 4.18. The number of hydrogen-bond donors (Lipinski definition) is 1. The van der Waals surface area contributed by atoms with Gasteiger partial charge in [0, 0.05) is 24.2 Å². The second-order valence-corrected chi connectivity index (χ2v) is 7.32. The lowest BCUT2D eigenvalue weighted by molar-refractivity contribution is -0.127. The van der Waals surface area contributed by atoms with Crippen molar-refractivity contribution in [3.63, 3.8) is 0 Å². The van der Waals surface area contributed by atoms with E-state index in [-0.39, 0.29) is 5.91 Å². The molecule has 1 N–H and O–H groups in total. The number of nitrogens with one attached hydrogen (secondary N) is 1. The molecule has 0 aliphatic rings. The van der Waals surface area contributed by atoms with Gasteiger partial charge in [-0.05, 0) is 42.3 Å². The molecule has 0 unspecified atom stereocenters. The highest BCUT2D eigenvalue weighted by Crippen LogP contribution is 2.21. The van der Waals surface area contributed by atoms with E-state index in [4.69, 9.17) is 11.6 Å². The van der Waals surface area contributed by atoms with Crippen LogP contribution in [0.3, 0.4) is 0 Å². The molecule has 0 saturated carbocycles. The van der Waals surface area contributed by atoms with Crippen molar-refractivity contribution in [3.8, 4) is 11.4 Å². The van der Waals surface area contributed by atoms with Crippen LogP contribution in [0.25, 0.3) is 11.4 Å². The molecule has 0 atom stereocenters. The number of aromatic nitrogens is 3. The Labute approximate surface area is 161 Å². The van der Waals surface area contributed by atoms with Crippen molar-refractivity contribution in [1.29, 1.82) is 0 Å². The maximum absolute atomic E-state index is 12.4. The number of carbonyl (C=O) groups is 1. The zero-order valence-electron chi connectivity index (χ0n) is 14.6. The maximum atomic E-state index is 12.4. The lowest BCUT2D eigenvalue weighted by Gasteiger charge is -2.18. The second kappa shape index (κ2) is 8.38.